The van der Waals surface area contributed by atoms with Gasteiger partial charge in [0.05, 0.1) is 7.11 Å². The van der Waals surface area contributed by atoms with Gasteiger partial charge in [-0.25, -0.2) is 0 Å². The molecule has 2 nitrogen and oxygen atoms in total. The molecule has 0 aromatic heterocycles. The average Bonchev–Trinajstić information content (AvgIpc) is 2.00. The molecule has 0 unspecified atom stereocenters. The van der Waals surface area contributed by atoms with Gasteiger partial charge in [0.15, 0.2) is 11.5 Å². The van der Waals surface area contributed by atoms with Gasteiger partial charge in [-0.15, -0.1) is 0 Å². The van der Waals surface area contributed by atoms with Crippen LogP contribution in [0, 0.1) is 0 Å². The molecule has 0 amide bonds. The molecule has 0 fully saturated rings. The maximum absolute atomic E-state index is 12.2. The Balaban J connectivity index is 3.39. The summed E-state index contributed by atoms with van der Waals surface area (Å²) in [5.74, 6) is -1.29. The second-order valence-corrected chi connectivity index (χ2v) is 5.21. The fourth-order valence-corrected chi connectivity index (χ4v) is 1.57. The van der Waals surface area contributed by atoms with E-state index in [9.17, 15) is 19.4 Å². The Kier molecular flexibility index (Phi) is 1.97. The van der Waals surface area contributed by atoms with Crippen LogP contribution in [0.2, 0.25) is 0 Å². The van der Waals surface area contributed by atoms with Gasteiger partial charge in [0.25, 0.3) is 0 Å². The van der Waals surface area contributed by atoms with Crippen LogP contribution in [0.25, 0.3) is 0 Å². The highest BCUT2D eigenvalue weighted by Crippen LogP contribution is 3.02. The molecule has 15 heavy (non-hydrogen) atoms. The number of hydrogen-bond acceptors (Lipinski definition) is 2. The Morgan fingerprint density at radius 3 is 2.00 bits per heavy atom. The quantitative estimate of drug-likeness (QED) is 0.802. The standard InChI is InChI=1S/C7H7F5O2S/c1-14-7-3-2-5(4-6(7)13)15(8,9,10,11)12/h2-4,13H,1H3. The number of aromatic hydroxyl groups is 1. The Morgan fingerprint density at radius 1 is 1.13 bits per heavy atom. The summed E-state index contributed by atoms with van der Waals surface area (Å²) in [6.45, 7) is 0. The van der Waals surface area contributed by atoms with Crippen LogP contribution < -0.4 is 4.74 Å². The monoisotopic (exact) mass is 250 g/mol. The zero-order chi connectivity index (χ0) is 12.0. The van der Waals surface area contributed by atoms with Crippen LogP contribution in [0.15, 0.2) is 23.1 Å². The molecule has 0 spiro atoms. The Bertz CT molecular complexity index is 399. The van der Waals surface area contributed by atoms with E-state index in [2.05, 4.69) is 4.74 Å². The van der Waals surface area contributed by atoms with Crippen molar-refractivity contribution in [3.8, 4) is 11.5 Å². The lowest BCUT2D eigenvalue weighted by molar-refractivity contribution is 0.355. The van der Waals surface area contributed by atoms with Gasteiger partial charge >= 0.3 is 10.2 Å². The molecule has 88 valence electrons. The molecule has 1 N–H and O–H groups in total. The summed E-state index contributed by atoms with van der Waals surface area (Å²) >= 11 is 0. The minimum atomic E-state index is -9.72. The van der Waals surface area contributed by atoms with E-state index in [0.717, 1.165) is 7.11 Å². The van der Waals surface area contributed by atoms with Crippen LogP contribution in [0.1, 0.15) is 0 Å². The van der Waals surface area contributed by atoms with Gasteiger partial charge in [-0.1, -0.05) is 19.4 Å². The van der Waals surface area contributed by atoms with E-state index in [1.807, 2.05) is 0 Å². The lowest BCUT2D eigenvalue weighted by Crippen LogP contribution is -2.05. The van der Waals surface area contributed by atoms with Gasteiger partial charge in [0.2, 0.25) is 0 Å². The number of hydrogen-bond donors (Lipinski definition) is 1. The Hall–Kier alpha value is -1.18. The number of phenols is 1. The fraction of sp³-hybridized carbons (Fsp3) is 0.143. The maximum atomic E-state index is 12.2. The molecule has 0 radical (unpaired) electrons. The molecule has 0 bridgehead atoms. The number of halogens is 5. The molecule has 1 aromatic carbocycles. The van der Waals surface area contributed by atoms with E-state index in [4.69, 9.17) is 5.11 Å². The summed E-state index contributed by atoms with van der Waals surface area (Å²) in [5.41, 5.74) is 0. The van der Waals surface area contributed by atoms with Crippen LogP contribution in [-0.4, -0.2) is 12.2 Å². The number of methoxy groups -OCH3 is 1. The molecule has 1 rings (SSSR count). The van der Waals surface area contributed by atoms with Gasteiger partial charge in [-0.3, -0.25) is 0 Å². The highest BCUT2D eigenvalue weighted by atomic mass is 32.5. The Labute approximate surface area is 82.0 Å². The van der Waals surface area contributed by atoms with Crippen LogP contribution in [0.5, 0.6) is 11.5 Å². The smallest absolute Gasteiger partial charge is 0.310 e. The third-order valence-electron chi connectivity index (χ3n) is 1.60. The van der Waals surface area contributed by atoms with Crippen molar-refractivity contribution in [2.24, 2.45) is 0 Å². The predicted octanol–water partition coefficient (Wildman–Crippen LogP) is 4.06. The number of benzene rings is 1. The van der Waals surface area contributed by atoms with Crippen molar-refractivity contribution in [3.05, 3.63) is 18.2 Å². The molecule has 0 heterocycles. The van der Waals surface area contributed by atoms with Crippen LogP contribution in [0.3, 0.4) is 0 Å². The van der Waals surface area contributed by atoms with Crippen LogP contribution in [-0.2, 0) is 0 Å². The molecule has 0 aliphatic heterocycles. The van der Waals surface area contributed by atoms with Gasteiger partial charge in [0.1, 0.15) is 4.90 Å². The third-order valence-corrected chi connectivity index (χ3v) is 2.74. The van der Waals surface area contributed by atoms with E-state index >= 15 is 0 Å². The van der Waals surface area contributed by atoms with Crippen molar-refractivity contribution in [2.45, 2.75) is 4.90 Å². The fourth-order valence-electron chi connectivity index (χ4n) is 0.910. The van der Waals surface area contributed by atoms with Crippen molar-refractivity contribution < 1.29 is 29.3 Å². The zero-order valence-corrected chi connectivity index (χ0v) is 8.20. The lowest BCUT2D eigenvalue weighted by Gasteiger charge is -2.40. The average molecular weight is 250 g/mol. The van der Waals surface area contributed by atoms with E-state index in [-0.39, 0.29) is 17.9 Å². The molecule has 8 heteroatoms. The number of ether oxygens (including phenoxy) is 1. The summed E-state index contributed by atoms with van der Waals surface area (Å²) in [5, 5.41) is 8.94. The largest absolute Gasteiger partial charge is 0.504 e. The van der Waals surface area contributed by atoms with E-state index < -0.39 is 20.9 Å². The zero-order valence-electron chi connectivity index (χ0n) is 7.39. The van der Waals surface area contributed by atoms with Crippen molar-refractivity contribution in [2.75, 3.05) is 7.11 Å². The number of phenolic OH excluding ortho intramolecular Hbond substituents is 1. The van der Waals surface area contributed by atoms with Gasteiger partial charge in [-0.2, -0.15) is 0 Å². The highest BCUT2D eigenvalue weighted by molar-refractivity contribution is 8.45. The minimum Gasteiger partial charge on any atom is -0.504 e. The molecule has 0 aliphatic rings. The predicted molar refractivity (Wildman–Crippen MR) is 46.1 cm³/mol. The minimum absolute atomic E-state index is 0.0552. The van der Waals surface area contributed by atoms with Gasteiger partial charge in [0, 0.05) is 6.07 Å². The van der Waals surface area contributed by atoms with Crippen molar-refractivity contribution in [1.29, 1.82) is 0 Å². The molecular weight excluding hydrogens is 243 g/mol. The molecule has 0 saturated heterocycles. The Morgan fingerprint density at radius 2 is 1.67 bits per heavy atom. The van der Waals surface area contributed by atoms with Crippen LogP contribution in [0.4, 0.5) is 19.4 Å². The van der Waals surface area contributed by atoms with Gasteiger partial charge < -0.3 is 9.84 Å². The van der Waals surface area contributed by atoms with Crippen molar-refractivity contribution in [1.82, 2.24) is 0 Å². The lowest BCUT2D eigenvalue weighted by atomic mass is 10.3. The van der Waals surface area contributed by atoms with E-state index in [0.29, 0.717) is 6.07 Å². The molecule has 1 aromatic rings. The first-order chi connectivity index (χ1) is 6.44. The van der Waals surface area contributed by atoms with E-state index in [1.54, 1.807) is 0 Å². The van der Waals surface area contributed by atoms with Gasteiger partial charge in [-0.05, 0) is 12.1 Å². The summed E-state index contributed by atoms with van der Waals surface area (Å²) in [4.78, 5) is -2.15. The van der Waals surface area contributed by atoms with Crippen molar-refractivity contribution >= 4 is 10.2 Å². The topological polar surface area (TPSA) is 29.5 Å². The first kappa shape index (κ1) is 11.9. The first-order valence-electron chi connectivity index (χ1n) is 3.55. The third kappa shape index (κ3) is 2.65. The van der Waals surface area contributed by atoms with Crippen molar-refractivity contribution in [3.63, 3.8) is 0 Å². The molecule has 0 saturated carbocycles. The first-order valence-corrected chi connectivity index (χ1v) is 5.50. The summed E-state index contributed by atoms with van der Waals surface area (Å²) in [7, 11) is -8.62. The molecule has 0 atom stereocenters. The second-order valence-electron chi connectivity index (χ2n) is 2.80. The van der Waals surface area contributed by atoms with Crippen LogP contribution >= 0.6 is 10.2 Å². The summed E-state index contributed by atoms with van der Waals surface area (Å²) in [6, 6.07) is 0.739. The molecular formula is C7H7F5O2S. The molecule has 0 aliphatic carbocycles. The summed E-state index contributed by atoms with van der Waals surface area (Å²) < 4.78 is 65.5. The normalized spacial score (nSPS) is 16.7. The summed E-state index contributed by atoms with van der Waals surface area (Å²) in [6.07, 6.45) is 0. The maximum Gasteiger partial charge on any atom is 0.310 e. The SMILES string of the molecule is COc1ccc(S(F)(F)(F)(F)F)cc1O. The van der Waals surface area contributed by atoms with E-state index in [1.165, 1.54) is 0 Å². The highest BCUT2D eigenvalue weighted by Gasteiger charge is 2.65. The second kappa shape index (κ2) is 2.49. The number of rotatable bonds is 2.